The van der Waals surface area contributed by atoms with Gasteiger partial charge in [0, 0.05) is 5.39 Å². The number of fused-ring (bicyclic) bond motifs is 1. The number of ether oxygens (including phenoxy) is 1. The summed E-state index contributed by atoms with van der Waals surface area (Å²) in [7, 11) is 0. The molecule has 3 aromatic rings. The monoisotopic (exact) mass is 391 g/mol. The average Bonchev–Trinajstić information content (AvgIpc) is 2.63. The molecule has 3 rings (SSSR count). The van der Waals surface area contributed by atoms with E-state index in [2.05, 4.69) is 15.5 Å². The van der Waals surface area contributed by atoms with Crippen molar-refractivity contribution in [3.8, 4) is 0 Å². The molecule has 0 saturated carbocycles. The molecule has 1 amide bonds. The van der Waals surface area contributed by atoms with Gasteiger partial charge in [0.15, 0.2) is 12.3 Å². The molecular formula is C17H11Cl2N3O4. The van der Waals surface area contributed by atoms with Crippen molar-refractivity contribution >= 4 is 51.5 Å². The molecule has 9 heteroatoms. The van der Waals surface area contributed by atoms with E-state index >= 15 is 0 Å². The van der Waals surface area contributed by atoms with Gasteiger partial charge in [0.05, 0.1) is 21.1 Å². The molecule has 2 N–H and O–H groups in total. The number of aromatic amines is 1. The lowest BCUT2D eigenvalue weighted by Crippen LogP contribution is -2.23. The first-order valence-electron chi connectivity index (χ1n) is 7.36. The van der Waals surface area contributed by atoms with Crippen molar-refractivity contribution < 1.29 is 14.3 Å². The van der Waals surface area contributed by atoms with E-state index in [0.29, 0.717) is 10.8 Å². The predicted octanol–water partition coefficient (Wildman–Crippen LogP) is 3.03. The molecule has 0 aliphatic carbocycles. The SMILES string of the molecule is O=C(COC(=O)c1n[nH]c(=O)c2ccccc12)Nc1c(Cl)cccc1Cl. The van der Waals surface area contributed by atoms with Crippen molar-refractivity contribution in [1.82, 2.24) is 10.2 Å². The normalized spacial score (nSPS) is 10.5. The van der Waals surface area contributed by atoms with Crippen molar-refractivity contribution in [3.63, 3.8) is 0 Å². The Kier molecular flexibility index (Phi) is 5.20. The maximum absolute atomic E-state index is 12.2. The summed E-state index contributed by atoms with van der Waals surface area (Å²) in [6.45, 7) is -0.574. The zero-order chi connectivity index (χ0) is 18.7. The molecule has 2 aromatic carbocycles. The van der Waals surface area contributed by atoms with Crippen molar-refractivity contribution in [2.24, 2.45) is 0 Å². The number of rotatable bonds is 4. The first-order chi connectivity index (χ1) is 12.5. The summed E-state index contributed by atoms with van der Waals surface area (Å²) in [4.78, 5) is 35.9. The van der Waals surface area contributed by atoms with Crippen LogP contribution in [0, 0.1) is 0 Å². The number of carbonyl (C=O) groups excluding carboxylic acids is 2. The van der Waals surface area contributed by atoms with Gasteiger partial charge in [-0.15, -0.1) is 0 Å². The highest BCUT2D eigenvalue weighted by molar-refractivity contribution is 6.39. The Hall–Kier alpha value is -2.90. The number of hydrogen-bond donors (Lipinski definition) is 2. The van der Waals surface area contributed by atoms with Crippen molar-refractivity contribution in [3.05, 3.63) is 68.6 Å². The molecule has 0 spiro atoms. The van der Waals surface area contributed by atoms with Gasteiger partial charge in [-0.1, -0.05) is 47.5 Å². The van der Waals surface area contributed by atoms with Crippen LogP contribution in [0.1, 0.15) is 10.5 Å². The smallest absolute Gasteiger partial charge is 0.359 e. The topological polar surface area (TPSA) is 101 Å². The molecule has 0 saturated heterocycles. The molecular weight excluding hydrogens is 381 g/mol. The van der Waals surface area contributed by atoms with Gasteiger partial charge in [-0.05, 0) is 18.2 Å². The highest BCUT2D eigenvalue weighted by Crippen LogP contribution is 2.29. The van der Waals surface area contributed by atoms with E-state index in [1.54, 1.807) is 42.5 Å². The molecule has 1 heterocycles. The zero-order valence-corrected chi connectivity index (χ0v) is 14.6. The molecule has 132 valence electrons. The number of esters is 1. The molecule has 0 aliphatic rings. The van der Waals surface area contributed by atoms with Crippen LogP contribution in [0.4, 0.5) is 5.69 Å². The molecule has 0 unspecified atom stereocenters. The van der Waals surface area contributed by atoms with Crippen LogP contribution in [0.3, 0.4) is 0 Å². The van der Waals surface area contributed by atoms with E-state index in [1.165, 1.54) is 0 Å². The fraction of sp³-hybridized carbons (Fsp3) is 0.0588. The number of halogens is 2. The number of nitrogens with zero attached hydrogens (tertiary/aromatic N) is 1. The van der Waals surface area contributed by atoms with Gasteiger partial charge < -0.3 is 10.1 Å². The third-order valence-corrected chi connectivity index (χ3v) is 4.08. The Bertz CT molecular complexity index is 1050. The number of hydrogen-bond acceptors (Lipinski definition) is 5. The summed E-state index contributed by atoms with van der Waals surface area (Å²) >= 11 is 11.9. The van der Waals surface area contributed by atoms with E-state index in [9.17, 15) is 14.4 Å². The fourth-order valence-electron chi connectivity index (χ4n) is 2.26. The Morgan fingerprint density at radius 3 is 2.38 bits per heavy atom. The second-order valence-electron chi connectivity index (χ2n) is 5.17. The minimum absolute atomic E-state index is 0.0937. The average molecular weight is 392 g/mol. The van der Waals surface area contributed by atoms with E-state index in [0.717, 1.165) is 0 Å². The van der Waals surface area contributed by atoms with Gasteiger partial charge in [-0.25, -0.2) is 9.89 Å². The van der Waals surface area contributed by atoms with Crippen LogP contribution in [0.5, 0.6) is 0 Å². The lowest BCUT2D eigenvalue weighted by molar-refractivity contribution is -0.119. The van der Waals surface area contributed by atoms with Crippen LogP contribution in [-0.2, 0) is 9.53 Å². The summed E-state index contributed by atoms with van der Waals surface area (Å²) in [6.07, 6.45) is 0. The number of amides is 1. The van der Waals surface area contributed by atoms with Gasteiger partial charge in [0.25, 0.3) is 11.5 Å². The number of para-hydroxylation sites is 1. The van der Waals surface area contributed by atoms with Crippen LogP contribution in [0.15, 0.2) is 47.3 Å². The minimum Gasteiger partial charge on any atom is -0.451 e. The lowest BCUT2D eigenvalue weighted by Gasteiger charge is -2.09. The third-order valence-electron chi connectivity index (χ3n) is 3.45. The summed E-state index contributed by atoms with van der Waals surface area (Å²) in [6, 6.07) is 11.2. The number of anilines is 1. The van der Waals surface area contributed by atoms with E-state index in [-0.39, 0.29) is 21.4 Å². The Morgan fingerprint density at radius 1 is 1.04 bits per heavy atom. The molecule has 0 bridgehead atoms. The number of benzene rings is 2. The predicted molar refractivity (Wildman–Crippen MR) is 97.7 cm³/mol. The second-order valence-corrected chi connectivity index (χ2v) is 5.98. The Labute approximate surface area is 156 Å². The largest absolute Gasteiger partial charge is 0.451 e. The summed E-state index contributed by atoms with van der Waals surface area (Å²) in [5, 5.41) is 9.54. The van der Waals surface area contributed by atoms with Gasteiger partial charge in [-0.2, -0.15) is 5.10 Å². The number of H-pyrrole nitrogens is 1. The van der Waals surface area contributed by atoms with Crippen LogP contribution in [0.2, 0.25) is 10.0 Å². The quantitative estimate of drug-likeness (QED) is 0.665. The van der Waals surface area contributed by atoms with Gasteiger partial charge in [0.2, 0.25) is 0 Å². The molecule has 0 fully saturated rings. The molecule has 26 heavy (non-hydrogen) atoms. The summed E-state index contributed by atoms with van der Waals surface area (Å²) in [5.41, 5.74) is -0.295. The van der Waals surface area contributed by atoms with Gasteiger partial charge in [0.1, 0.15) is 0 Å². The van der Waals surface area contributed by atoms with E-state index < -0.39 is 24.0 Å². The first kappa shape index (κ1) is 17.9. The number of carbonyl (C=O) groups is 2. The third kappa shape index (κ3) is 3.68. The fourth-order valence-corrected chi connectivity index (χ4v) is 2.75. The Balaban J connectivity index is 1.73. The molecule has 1 aromatic heterocycles. The minimum atomic E-state index is -0.849. The summed E-state index contributed by atoms with van der Waals surface area (Å²) < 4.78 is 4.97. The van der Waals surface area contributed by atoms with Crippen LogP contribution < -0.4 is 10.9 Å². The molecule has 7 nitrogen and oxygen atoms in total. The van der Waals surface area contributed by atoms with Gasteiger partial charge >= 0.3 is 5.97 Å². The van der Waals surface area contributed by atoms with Gasteiger partial charge in [-0.3, -0.25) is 9.59 Å². The highest BCUT2D eigenvalue weighted by Gasteiger charge is 2.17. The summed E-state index contributed by atoms with van der Waals surface area (Å²) in [5.74, 6) is -1.47. The maximum Gasteiger partial charge on any atom is 0.359 e. The Morgan fingerprint density at radius 2 is 1.69 bits per heavy atom. The number of aromatic nitrogens is 2. The number of nitrogens with one attached hydrogen (secondary N) is 2. The zero-order valence-electron chi connectivity index (χ0n) is 13.1. The maximum atomic E-state index is 12.2. The van der Waals surface area contributed by atoms with Crippen LogP contribution in [-0.4, -0.2) is 28.7 Å². The molecule has 0 aliphatic heterocycles. The van der Waals surface area contributed by atoms with Crippen molar-refractivity contribution in [2.75, 3.05) is 11.9 Å². The van der Waals surface area contributed by atoms with Crippen molar-refractivity contribution in [1.29, 1.82) is 0 Å². The standard InChI is InChI=1S/C17H11Cl2N3O4/c18-11-6-3-7-12(19)15(11)20-13(23)8-26-17(25)14-9-4-1-2-5-10(9)16(24)22-21-14/h1-7H,8H2,(H,20,23)(H,22,24). The van der Waals surface area contributed by atoms with E-state index in [4.69, 9.17) is 27.9 Å². The highest BCUT2D eigenvalue weighted by atomic mass is 35.5. The van der Waals surface area contributed by atoms with Crippen molar-refractivity contribution in [2.45, 2.75) is 0 Å². The van der Waals surface area contributed by atoms with E-state index in [1.807, 2.05) is 0 Å². The first-order valence-corrected chi connectivity index (χ1v) is 8.11. The lowest BCUT2D eigenvalue weighted by atomic mass is 10.1. The molecule has 0 atom stereocenters. The second kappa shape index (κ2) is 7.55. The molecule has 0 radical (unpaired) electrons. The van der Waals surface area contributed by atoms with Crippen LogP contribution >= 0.6 is 23.2 Å². The van der Waals surface area contributed by atoms with Crippen LogP contribution in [0.25, 0.3) is 10.8 Å².